The second kappa shape index (κ2) is 9.37. The van der Waals surface area contributed by atoms with Gasteiger partial charge in [-0.25, -0.2) is 0 Å². The van der Waals surface area contributed by atoms with Crippen LogP contribution in [0.5, 0.6) is 0 Å². The summed E-state index contributed by atoms with van der Waals surface area (Å²) in [5.74, 6) is 0. The molecular weight excluding hydrogens is 385 g/mol. The van der Waals surface area contributed by atoms with Gasteiger partial charge >= 0.3 is 7.60 Å². The standard InChI is InChI=1S/C15H31O7P3/c1-6-14(8-17-23(3)18-9-14)12-21-25(5,16)22-13-15(7-2)10-19-24(4)20-11-15/h6-13H2,1-5H3. The quantitative estimate of drug-likeness (QED) is 0.535. The zero-order valence-corrected chi connectivity index (χ0v) is 18.5. The van der Waals surface area contributed by atoms with Crippen molar-refractivity contribution in [3.8, 4) is 0 Å². The maximum absolute atomic E-state index is 12.7. The largest absolute Gasteiger partial charge is 0.333 e. The third-order valence-electron chi connectivity index (χ3n) is 4.92. The van der Waals surface area contributed by atoms with Crippen LogP contribution < -0.4 is 0 Å². The number of hydrogen-bond acceptors (Lipinski definition) is 7. The maximum Gasteiger partial charge on any atom is 0.327 e. The van der Waals surface area contributed by atoms with E-state index in [-0.39, 0.29) is 10.8 Å². The van der Waals surface area contributed by atoms with Gasteiger partial charge in [-0.15, -0.1) is 0 Å². The number of hydrogen-bond donors (Lipinski definition) is 0. The van der Waals surface area contributed by atoms with Crippen molar-refractivity contribution in [2.24, 2.45) is 10.8 Å². The first-order chi connectivity index (χ1) is 11.7. The molecule has 0 amide bonds. The fourth-order valence-corrected chi connectivity index (χ4v) is 5.46. The van der Waals surface area contributed by atoms with Crippen LogP contribution in [0.15, 0.2) is 0 Å². The Bertz CT molecular complexity index is 422. The molecule has 2 aliphatic heterocycles. The lowest BCUT2D eigenvalue weighted by molar-refractivity contribution is -0.0208. The molecular formula is C15H31O7P3. The van der Waals surface area contributed by atoms with Gasteiger partial charge in [0.25, 0.3) is 0 Å². The summed E-state index contributed by atoms with van der Waals surface area (Å²) in [7, 11) is -4.79. The lowest BCUT2D eigenvalue weighted by Gasteiger charge is -2.39. The monoisotopic (exact) mass is 416 g/mol. The third-order valence-corrected chi connectivity index (χ3v) is 8.09. The van der Waals surface area contributed by atoms with Gasteiger partial charge in [0.1, 0.15) is 0 Å². The molecule has 0 radical (unpaired) electrons. The van der Waals surface area contributed by atoms with Crippen LogP contribution in [0.3, 0.4) is 0 Å². The van der Waals surface area contributed by atoms with E-state index in [4.69, 9.17) is 27.1 Å². The van der Waals surface area contributed by atoms with Crippen molar-refractivity contribution in [1.29, 1.82) is 0 Å². The van der Waals surface area contributed by atoms with E-state index in [1.807, 2.05) is 13.3 Å². The summed E-state index contributed by atoms with van der Waals surface area (Å²) < 4.78 is 46.7. The SMILES string of the molecule is CCC1(COP(C)(=O)OCC2(CC)COP(C)OC2)COP(C)OC1. The van der Waals surface area contributed by atoms with Crippen LogP contribution in [0.4, 0.5) is 0 Å². The molecule has 0 aromatic carbocycles. The molecule has 2 heterocycles. The van der Waals surface area contributed by atoms with Crippen LogP contribution in [0, 0.1) is 10.8 Å². The molecule has 2 aliphatic rings. The molecule has 148 valence electrons. The third kappa shape index (κ3) is 6.45. The van der Waals surface area contributed by atoms with Gasteiger partial charge in [0, 0.05) is 30.8 Å². The van der Waals surface area contributed by atoms with Gasteiger partial charge in [-0.05, 0) is 12.8 Å². The highest BCUT2D eigenvalue weighted by Gasteiger charge is 2.39. The molecule has 0 aromatic rings. The highest BCUT2D eigenvalue weighted by molar-refractivity contribution is 7.53. The summed E-state index contributed by atoms with van der Waals surface area (Å²) in [5.41, 5.74) is -0.525. The summed E-state index contributed by atoms with van der Waals surface area (Å²) in [5, 5.41) is 0. The molecule has 0 saturated carbocycles. The van der Waals surface area contributed by atoms with Crippen molar-refractivity contribution in [1.82, 2.24) is 0 Å². The summed E-state index contributed by atoms with van der Waals surface area (Å²) in [6.07, 6.45) is 1.66. The minimum atomic E-state index is -3.18. The molecule has 0 unspecified atom stereocenters. The summed E-state index contributed by atoms with van der Waals surface area (Å²) in [4.78, 5) is 0. The molecule has 0 aliphatic carbocycles. The van der Waals surface area contributed by atoms with E-state index < -0.39 is 24.3 Å². The van der Waals surface area contributed by atoms with Crippen molar-refractivity contribution in [2.45, 2.75) is 26.7 Å². The summed E-state index contributed by atoms with van der Waals surface area (Å²) in [6.45, 7) is 12.4. The molecule has 10 heteroatoms. The highest BCUT2D eigenvalue weighted by atomic mass is 31.2. The van der Waals surface area contributed by atoms with Crippen LogP contribution in [0.2, 0.25) is 0 Å². The Labute approximate surface area is 153 Å². The average molecular weight is 416 g/mol. The molecule has 0 atom stereocenters. The van der Waals surface area contributed by atoms with Crippen LogP contribution in [-0.2, 0) is 31.7 Å². The van der Waals surface area contributed by atoms with Gasteiger partial charge in [0.2, 0.25) is 0 Å². The first-order valence-electron chi connectivity index (χ1n) is 8.59. The van der Waals surface area contributed by atoms with Crippen molar-refractivity contribution < 1.29 is 31.7 Å². The Hall–Kier alpha value is 0.850. The Balaban J connectivity index is 1.85. The molecule has 0 spiro atoms. The Morgan fingerprint density at radius 3 is 1.44 bits per heavy atom. The molecule has 7 nitrogen and oxygen atoms in total. The van der Waals surface area contributed by atoms with Gasteiger partial charge in [0.15, 0.2) is 16.8 Å². The lowest BCUT2D eigenvalue weighted by Crippen LogP contribution is -2.39. The van der Waals surface area contributed by atoms with E-state index in [1.54, 1.807) is 0 Å². The minimum Gasteiger partial charge on any atom is -0.333 e. The fourth-order valence-electron chi connectivity index (χ4n) is 2.39. The fraction of sp³-hybridized carbons (Fsp3) is 1.00. The zero-order valence-electron chi connectivity index (χ0n) is 15.9. The van der Waals surface area contributed by atoms with Gasteiger partial charge in [-0.1, -0.05) is 13.8 Å². The summed E-state index contributed by atoms with van der Waals surface area (Å²) in [6, 6.07) is 0. The smallest absolute Gasteiger partial charge is 0.327 e. The topological polar surface area (TPSA) is 72.5 Å². The van der Waals surface area contributed by atoms with Crippen LogP contribution in [-0.4, -0.2) is 59.6 Å². The van der Waals surface area contributed by atoms with Crippen LogP contribution >= 0.6 is 24.3 Å². The normalized spacial score (nSPS) is 39.1. The second-order valence-electron chi connectivity index (χ2n) is 7.00. The van der Waals surface area contributed by atoms with E-state index in [9.17, 15) is 4.57 Å². The Kier molecular flexibility index (Phi) is 8.29. The second-order valence-corrected chi connectivity index (χ2v) is 11.8. The Morgan fingerprint density at radius 1 is 0.840 bits per heavy atom. The van der Waals surface area contributed by atoms with Gasteiger partial charge in [0.05, 0.1) is 39.6 Å². The van der Waals surface area contributed by atoms with E-state index in [0.29, 0.717) is 39.6 Å². The molecule has 0 N–H and O–H groups in total. The Morgan fingerprint density at radius 2 is 1.16 bits per heavy atom. The molecule has 0 bridgehead atoms. The van der Waals surface area contributed by atoms with E-state index >= 15 is 0 Å². The molecule has 25 heavy (non-hydrogen) atoms. The van der Waals surface area contributed by atoms with Crippen molar-refractivity contribution in [2.75, 3.05) is 59.6 Å². The predicted molar refractivity (Wildman–Crippen MR) is 100 cm³/mol. The number of rotatable bonds is 8. The van der Waals surface area contributed by atoms with E-state index in [0.717, 1.165) is 12.8 Å². The van der Waals surface area contributed by atoms with Crippen LogP contribution in [0.25, 0.3) is 0 Å². The van der Waals surface area contributed by atoms with E-state index in [2.05, 4.69) is 13.8 Å². The summed E-state index contributed by atoms with van der Waals surface area (Å²) >= 11 is 0. The first-order valence-corrected chi connectivity index (χ1v) is 13.8. The van der Waals surface area contributed by atoms with E-state index in [1.165, 1.54) is 6.66 Å². The van der Waals surface area contributed by atoms with Gasteiger partial charge in [-0.2, -0.15) is 0 Å². The molecule has 2 saturated heterocycles. The zero-order chi connectivity index (χ0) is 18.6. The van der Waals surface area contributed by atoms with Gasteiger partial charge in [-0.3, -0.25) is 4.57 Å². The molecule has 2 fully saturated rings. The minimum absolute atomic E-state index is 0.262. The van der Waals surface area contributed by atoms with Crippen molar-refractivity contribution >= 4 is 24.3 Å². The maximum atomic E-state index is 12.7. The first kappa shape index (κ1) is 22.1. The van der Waals surface area contributed by atoms with Gasteiger partial charge < -0.3 is 27.1 Å². The average Bonchev–Trinajstić information content (AvgIpc) is 2.62. The highest BCUT2D eigenvalue weighted by Crippen LogP contribution is 2.51. The predicted octanol–water partition coefficient (Wildman–Crippen LogP) is 4.61. The lowest BCUT2D eigenvalue weighted by atomic mass is 9.88. The molecule has 0 aromatic heterocycles. The van der Waals surface area contributed by atoms with Crippen molar-refractivity contribution in [3.05, 3.63) is 0 Å². The molecule has 2 rings (SSSR count). The van der Waals surface area contributed by atoms with Crippen molar-refractivity contribution in [3.63, 3.8) is 0 Å². The van der Waals surface area contributed by atoms with Crippen LogP contribution in [0.1, 0.15) is 26.7 Å².